The highest BCUT2D eigenvalue weighted by Gasteiger charge is 2.18. The van der Waals surface area contributed by atoms with Crippen LogP contribution in [0.4, 0.5) is 0 Å². The smallest absolute Gasteiger partial charge is 0.261 e. The Morgan fingerprint density at radius 3 is 2.72 bits per heavy atom. The number of hydrogen-bond donors (Lipinski definition) is 1. The van der Waals surface area contributed by atoms with Gasteiger partial charge in [-0.2, -0.15) is 4.98 Å². The van der Waals surface area contributed by atoms with Crippen LogP contribution in [0.3, 0.4) is 0 Å². The first kappa shape index (κ1) is 12.9. The Morgan fingerprint density at radius 2 is 2.06 bits per heavy atom. The van der Waals surface area contributed by atoms with Crippen LogP contribution in [0.25, 0.3) is 11.5 Å². The minimum absolute atomic E-state index is 0.0744. The van der Waals surface area contributed by atoms with E-state index in [1.165, 1.54) is 6.07 Å². The summed E-state index contributed by atoms with van der Waals surface area (Å²) >= 11 is 5.88. The SMILES string of the molecule is CC(C)(C)Cc1noc(-c2cc(Cl)ccc2O)n1. The maximum atomic E-state index is 9.74. The van der Waals surface area contributed by atoms with Gasteiger partial charge in [0.15, 0.2) is 5.82 Å². The number of hydrogen-bond acceptors (Lipinski definition) is 4. The molecular weight excluding hydrogens is 252 g/mol. The third-order valence-electron chi connectivity index (χ3n) is 2.35. The molecule has 96 valence electrons. The number of aromatic hydroxyl groups is 1. The largest absolute Gasteiger partial charge is 0.507 e. The molecule has 5 heteroatoms. The minimum atomic E-state index is 0.0744. The predicted molar refractivity (Wildman–Crippen MR) is 69.6 cm³/mol. The lowest BCUT2D eigenvalue weighted by Gasteiger charge is -2.14. The molecule has 0 aliphatic rings. The Morgan fingerprint density at radius 1 is 1.33 bits per heavy atom. The summed E-state index contributed by atoms with van der Waals surface area (Å²) in [5, 5.41) is 14.2. The Bertz CT molecular complexity index is 558. The zero-order chi connectivity index (χ0) is 13.3. The topological polar surface area (TPSA) is 59.2 Å². The van der Waals surface area contributed by atoms with E-state index in [1.54, 1.807) is 12.1 Å². The van der Waals surface area contributed by atoms with E-state index in [-0.39, 0.29) is 17.1 Å². The summed E-state index contributed by atoms with van der Waals surface area (Å²) < 4.78 is 5.15. The van der Waals surface area contributed by atoms with Crippen LogP contribution in [0.2, 0.25) is 5.02 Å². The molecule has 1 N–H and O–H groups in total. The number of phenols is 1. The Balaban J connectivity index is 2.32. The van der Waals surface area contributed by atoms with Crippen LogP contribution < -0.4 is 0 Å². The zero-order valence-corrected chi connectivity index (χ0v) is 11.3. The van der Waals surface area contributed by atoms with Gasteiger partial charge >= 0.3 is 0 Å². The van der Waals surface area contributed by atoms with Crippen LogP contribution in [0.5, 0.6) is 5.75 Å². The van der Waals surface area contributed by atoms with Gasteiger partial charge in [-0.15, -0.1) is 0 Å². The van der Waals surface area contributed by atoms with Crippen LogP contribution in [-0.2, 0) is 6.42 Å². The summed E-state index contributed by atoms with van der Waals surface area (Å²) in [6, 6.07) is 4.71. The Labute approximate surface area is 111 Å². The van der Waals surface area contributed by atoms with Crippen molar-refractivity contribution in [2.24, 2.45) is 5.41 Å². The van der Waals surface area contributed by atoms with Crippen molar-refractivity contribution in [1.82, 2.24) is 10.1 Å². The predicted octanol–water partition coefficient (Wildman–Crippen LogP) is 3.68. The molecule has 0 saturated carbocycles. The quantitative estimate of drug-likeness (QED) is 0.901. The molecule has 0 bridgehead atoms. The van der Waals surface area contributed by atoms with Crippen molar-refractivity contribution in [3.8, 4) is 17.2 Å². The molecule has 0 fully saturated rings. The van der Waals surface area contributed by atoms with Crippen LogP contribution in [0.15, 0.2) is 22.7 Å². The standard InChI is InChI=1S/C13H15ClN2O2/c1-13(2,3)7-11-15-12(18-16-11)9-6-8(14)4-5-10(9)17/h4-6,17H,7H2,1-3H3. The van der Waals surface area contributed by atoms with Gasteiger partial charge in [-0.25, -0.2) is 0 Å². The number of nitrogens with zero attached hydrogens (tertiary/aromatic N) is 2. The molecule has 1 aromatic carbocycles. The van der Waals surface area contributed by atoms with Crippen molar-refractivity contribution in [3.05, 3.63) is 29.0 Å². The Kier molecular flexibility index (Phi) is 3.30. The number of phenolic OH excluding ortho intramolecular Hbond substituents is 1. The highest BCUT2D eigenvalue weighted by atomic mass is 35.5. The van der Waals surface area contributed by atoms with E-state index in [9.17, 15) is 5.11 Å². The van der Waals surface area contributed by atoms with E-state index in [2.05, 4.69) is 30.9 Å². The summed E-state index contributed by atoms with van der Waals surface area (Å²) in [7, 11) is 0. The first-order chi connectivity index (χ1) is 8.35. The molecule has 0 atom stereocenters. The molecule has 2 rings (SSSR count). The zero-order valence-electron chi connectivity index (χ0n) is 10.6. The first-order valence-corrected chi connectivity index (χ1v) is 6.04. The van der Waals surface area contributed by atoms with Gasteiger partial charge in [-0.1, -0.05) is 37.5 Å². The number of halogens is 1. The number of rotatable bonds is 2. The molecule has 18 heavy (non-hydrogen) atoms. The lowest BCUT2D eigenvalue weighted by molar-refractivity contribution is 0.374. The molecule has 0 aliphatic carbocycles. The summed E-state index contributed by atoms with van der Waals surface area (Å²) in [6.07, 6.45) is 0.706. The molecule has 4 nitrogen and oxygen atoms in total. The van der Waals surface area contributed by atoms with Crippen molar-refractivity contribution < 1.29 is 9.63 Å². The van der Waals surface area contributed by atoms with E-state index < -0.39 is 0 Å². The summed E-state index contributed by atoms with van der Waals surface area (Å²) in [6.45, 7) is 6.29. The van der Waals surface area contributed by atoms with E-state index in [0.29, 0.717) is 22.8 Å². The number of aromatic nitrogens is 2. The highest BCUT2D eigenvalue weighted by molar-refractivity contribution is 6.30. The van der Waals surface area contributed by atoms with Crippen molar-refractivity contribution in [1.29, 1.82) is 0 Å². The van der Waals surface area contributed by atoms with Gasteiger partial charge in [0.2, 0.25) is 0 Å². The fourth-order valence-corrected chi connectivity index (χ4v) is 1.76. The molecular formula is C13H15ClN2O2. The fourth-order valence-electron chi connectivity index (χ4n) is 1.59. The second kappa shape index (κ2) is 4.61. The molecule has 0 amide bonds. The van der Waals surface area contributed by atoms with Crippen LogP contribution >= 0.6 is 11.6 Å². The maximum Gasteiger partial charge on any atom is 0.261 e. The van der Waals surface area contributed by atoms with Gasteiger partial charge in [0.1, 0.15) is 5.75 Å². The number of benzene rings is 1. The second-order valence-electron chi connectivity index (χ2n) is 5.41. The average molecular weight is 267 g/mol. The van der Waals surface area contributed by atoms with Gasteiger partial charge in [0.05, 0.1) is 5.56 Å². The van der Waals surface area contributed by atoms with Crippen molar-refractivity contribution >= 4 is 11.6 Å². The monoisotopic (exact) mass is 266 g/mol. The van der Waals surface area contributed by atoms with E-state index in [4.69, 9.17) is 16.1 Å². The van der Waals surface area contributed by atoms with Crippen LogP contribution in [0, 0.1) is 5.41 Å². The van der Waals surface area contributed by atoms with E-state index in [0.717, 1.165) is 0 Å². The van der Waals surface area contributed by atoms with Crippen molar-refractivity contribution in [2.75, 3.05) is 0 Å². The fraction of sp³-hybridized carbons (Fsp3) is 0.385. The molecule has 2 aromatic rings. The lowest BCUT2D eigenvalue weighted by Crippen LogP contribution is -2.10. The normalized spacial score (nSPS) is 11.8. The molecule has 0 spiro atoms. The molecule has 0 saturated heterocycles. The van der Waals surface area contributed by atoms with E-state index >= 15 is 0 Å². The first-order valence-electron chi connectivity index (χ1n) is 5.67. The average Bonchev–Trinajstić information content (AvgIpc) is 2.67. The summed E-state index contributed by atoms with van der Waals surface area (Å²) in [5.74, 6) is 0.983. The minimum Gasteiger partial charge on any atom is -0.507 e. The maximum absolute atomic E-state index is 9.74. The Hall–Kier alpha value is -1.55. The third kappa shape index (κ3) is 3.01. The van der Waals surface area contributed by atoms with Crippen LogP contribution in [0.1, 0.15) is 26.6 Å². The van der Waals surface area contributed by atoms with Gasteiger partial charge < -0.3 is 9.63 Å². The van der Waals surface area contributed by atoms with Gasteiger partial charge in [0.25, 0.3) is 5.89 Å². The highest BCUT2D eigenvalue weighted by Crippen LogP contribution is 2.31. The second-order valence-corrected chi connectivity index (χ2v) is 5.85. The molecule has 1 aromatic heterocycles. The summed E-state index contributed by atoms with van der Waals surface area (Å²) in [4.78, 5) is 4.27. The molecule has 0 unspecified atom stereocenters. The third-order valence-corrected chi connectivity index (χ3v) is 2.58. The van der Waals surface area contributed by atoms with Gasteiger partial charge in [-0.3, -0.25) is 0 Å². The van der Waals surface area contributed by atoms with Crippen molar-refractivity contribution in [3.63, 3.8) is 0 Å². The van der Waals surface area contributed by atoms with Gasteiger partial charge in [0, 0.05) is 11.4 Å². The molecule has 1 heterocycles. The van der Waals surface area contributed by atoms with E-state index in [1.807, 2.05) is 0 Å². The van der Waals surface area contributed by atoms with Gasteiger partial charge in [-0.05, 0) is 23.6 Å². The lowest BCUT2D eigenvalue weighted by atomic mass is 9.92. The molecule has 0 aliphatic heterocycles. The van der Waals surface area contributed by atoms with Crippen molar-refractivity contribution in [2.45, 2.75) is 27.2 Å². The summed E-state index contributed by atoms with van der Waals surface area (Å²) in [5.41, 5.74) is 0.535. The molecule has 0 radical (unpaired) electrons. The van der Waals surface area contributed by atoms with Crippen LogP contribution in [-0.4, -0.2) is 15.2 Å².